The van der Waals surface area contributed by atoms with E-state index in [-0.39, 0.29) is 44.3 Å². The van der Waals surface area contributed by atoms with Gasteiger partial charge in [0.2, 0.25) is 0 Å². The fraction of sp³-hybridized carbons (Fsp3) is 0.500. The van der Waals surface area contributed by atoms with E-state index in [2.05, 4.69) is 23.5 Å². The van der Waals surface area contributed by atoms with Crippen molar-refractivity contribution in [2.45, 2.75) is 20.3 Å². The number of hydrogen-bond acceptors (Lipinski definition) is 1. The Labute approximate surface area is 132 Å². The van der Waals surface area contributed by atoms with Gasteiger partial charge in [0.15, 0.2) is 0 Å². The number of hydrogen-bond donors (Lipinski definition) is 0. The minimum atomic E-state index is 0. The van der Waals surface area contributed by atoms with Gasteiger partial charge in [-0.15, -0.1) is 0 Å². The molecule has 0 bridgehead atoms. The molecular formula is C10H14Cl3N3Zn. The van der Waals surface area contributed by atoms with Gasteiger partial charge in [-0.1, -0.05) is 11.6 Å². The molecule has 0 aliphatic heterocycles. The van der Waals surface area contributed by atoms with Crippen molar-refractivity contribution in [3.05, 3.63) is 28.4 Å². The van der Waals surface area contributed by atoms with E-state index in [9.17, 15) is 0 Å². The largest absolute Gasteiger partial charge is 2.00 e. The monoisotopic (exact) mass is 345 g/mol. The van der Waals surface area contributed by atoms with Crippen LogP contribution in [-0.4, -0.2) is 28.5 Å². The Balaban J connectivity index is -0.000000653. The van der Waals surface area contributed by atoms with Gasteiger partial charge in [0.1, 0.15) is 5.03 Å². The van der Waals surface area contributed by atoms with Gasteiger partial charge >= 0.3 is 25.2 Å². The fourth-order valence-electron chi connectivity index (χ4n) is 1.47. The molecule has 0 fully saturated rings. The molecule has 1 rings (SSSR count). The van der Waals surface area contributed by atoms with E-state index in [0.29, 0.717) is 17.2 Å². The van der Waals surface area contributed by atoms with E-state index >= 15 is 0 Å². The van der Waals surface area contributed by atoms with E-state index in [1.54, 1.807) is 0 Å². The zero-order chi connectivity index (χ0) is 10.6. The standard InChI is InChI=1S/C10H14ClN3.2ClH.Zn/c1-3-14(4-2)8-5-6-10(13-12)9(11)7-8;;;/h5,7H,3-4,6H2,1-2H3;2*1H;/q;;;+2/p-2. The van der Waals surface area contributed by atoms with Crippen molar-refractivity contribution in [3.8, 4) is 0 Å². The summed E-state index contributed by atoms with van der Waals surface area (Å²) < 4.78 is 0. The van der Waals surface area contributed by atoms with Gasteiger partial charge in [-0.2, -0.15) is 4.79 Å². The van der Waals surface area contributed by atoms with Crippen LogP contribution in [0.5, 0.6) is 0 Å². The zero-order valence-corrected chi connectivity index (χ0v) is 15.2. The van der Waals surface area contributed by atoms with E-state index in [1.165, 1.54) is 0 Å². The molecule has 0 aromatic carbocycles. The van der Waals surface area contributed by atoms with Crippen molar-refractivity contribution >= 4 is 17.3 Å². The number of halogens is 3. The first-order chi connectivity index (χ1) is 6.72. The minimum absolute atomic E-state index is 0. The van der Waals surface area contributed by atoms with E-state index in [1.807, 2.05) is 12.2 Å². The molecule has 0 saturated carbocycles. The summed E-state index contributed by atoms with van der Waals surface area (Å²) in [6.07, 6.45) is 4.46. The second kappa shape index (κ2) is 11.3. The van der Waals surface area contributed by atoms with Crippen LogP contribution in [0, 0.1) is 0 Å². The van der Waals surface area contributed by atoms with Gasteiger partial charge in [-0.05, 0) is 26.0 Å². The molecule has 0 unspecified atom stereocenters. The Morgan fingerprint density at radius 1 is 1.35 bits per heavy atom. The molecule has 0 N–H and O–H groups in total. The minimum Gasteiger partial charge on any atom is -1.00 e. The van der Waals surface area contributed by atoms with Gasteiger partial charge in [0, 0.05) is 18.8 Å². The van der Waals surface area contributed by atoms with Crippen LogP contribution in [0.2, 0.25) is 0 Å². The van der Waals surface area contributed by atoms with E-state index in [4.69, 9.17) is 17.1 Å². The third kappa shape index (κ3) is 6.04. The molecule has 1 aliphatic carbocycles. The SMILES string of the molecule is CCN(CC)C1=CCC(=[N+]=[N-])C(Cl)=C1.[Cl-].[Cl-].[Zn+2]. The predicted octanol–water partition coefficient (Wildman–Crippen LogP) is -3.59. The predicted molar refractivity (Wildman–Crippen MR) is 58.2 cm³/mol. The summed E-state index contributed by atoms with van der Waals surface area (Å²) >= 11 is 5.94. The molecule has 0 spiro atoms. The molecule has 0 aromatic rings. The molecule has 0 saturated heterocycles. The third-order valence-electron chi connectivity index (χ3n) is 2.30. The summed E-state index contributed by atoms with van der Waals surface area (Å²) in [6, 6.07) is 0. The molecule has 92 valence electrons. The Morgan fingerprint density at radius 3 is 2.24 bits per heavy atom. The maximum atomic E-state index is 8.62. The Kier molecular flexibility index (Phi) is 14.8. The molecule has 0 aromatic heterocycles. The van der Waals surface area contributed by atoms with Crippen molar-refractivity contribution in [2.24, 2.45) is 0 Å². The number of allylic oxidation sites excluding steroid dienone is 3. The van der Waals surface area contributed by atoms with Crippen LogP contribution in [0.3, 0.4) is 0 Å². The molecule has 0 heterocycles. The zero-order valence-electron chi connectivity index (χ0n) is 9.96. The van der Waals surface area contributed by atoms with Crippen LogP contribution in [0.1, 0.15) is 20.3 Å². The van der Waals surface area contributed by atoms with Crippen LogP contribution in [0.4, 0.5) is 0 Å². The van der Waals surface area contributed by atoms with Gasteiger partial charge < -0.3 is 35.2 Å². The molecule has 0 amide bonds. The summed E-state index contributed by atoms with van der Waals surface area (Å²) in [5.74, 6) is 0. The summed E-state index contributed by atoms with van der Waals surface area (Å²) in [7, 11) is 0. The van der Waals surface area contributed by atoms with Crippen LogP contribution >= 0.6 is 11.6 Å². The van der Waals surface area contributed by atoms with Crippen LogP contribution in [0.15, 0.2) is 22.9 Å². The molecule has 0 atom stereocenters. The second-order valence-corrected chi connectivity index (χ2v) is 3.45. The van der Waals surface area contributed by atoms with Crippen molar-refractivity contribution < 1.29 is 49.1 Å². The average Bonchev–Trinajstić information content (AvgIpc) is 2.20. The molecule has 3 nitrogen and oxygen atoms in total. The fourth-order valence-corrected chi connectivity index (χ4v) is 1.70. The van der Waals surface area contributed by atoms with Gasteiger partial charge in [0.05, 0.1) is 6.42 Å². The molecule has 7 heteroatoms. The summed E-state index contributed by atoms with van der Waals surface area (Å²) in [6.45, 7) is 6.10. The number of rotatable bonds is 3. The quantitative estimate of drug-likeness (QED) is 0.295. The maximum Gasteiger partial charge on any atom is 2.00 e. The van der Waals surface area contributed by atoms with Crippen molar-refractivity contribution in [1.29, 1.82) is 0 Å². The van der Waals surface area contributed by atoms with Crippen molar-refractivity contribution in [3.63, 3.8) is 0 Å². The van der Waals surface area contributed by atoms with Crippen molar-refractivity contribution in [2.75, 3.05) is 13.1 Å². The first-order valence-electron chi connectivity index (χ1n) is 4.76. The number of likely N-dealkylation sites (N-methyl/N-ethyl adjacent to an activating group) is 1. The topological polar surface area (TPSA) is 39.6 Å². The Bertz CT molecular complexity index is 332. The Hall–Kier alpha value is 0.153. The van der Waals surface area contributed by atoms with Crippen LogP contribution in [-0.2, 0) is 19.5 Å². The summed E-state index contributed by atoms with van der Waals surface area (Å²) in [5, 5.41) is 0.525. The first kappa shape index (κ1) is 22.3. The van der Waals surface area contributed by atoms with Crippen molar-refractivity contribution in [1.82, 2.24) is 4.90 Å². The summed E-state index contributed by atoms with van der Waals surface area (Å²) in [4.78, 5) is 5.33. The molecule has 17 heavy (non-hydrogen) atoms. The molecular weight excluding hydrogens is 334 g/mol. The Morgan fingerprint density at radius 2 is 1.88 bits per heavy atom. The number of nitrogens with zero attached hydrogens (tertiary/aromatic N) is 3. The maximum absolute atomic E-state index is 8.62. The van der Waals surface area contributed by atoms with Gasteiger partial charge in [0.25, 0.3) is 0 Å². The van der Waals surface area contributed by atoms with Crippen LogP contribution < -0.4 is 24.8 Å². The van der Waals surface area contributed by atoms with Crippen LogP contribution in [0.25, 0.3) is 5.53 Å². The van der Waals surface area contributed by atoms with E-state index < -0.39 is 0 Å². The molecule has 1 aliphatic rings. The van der Waals surface area contributed by atoms with Gasteiger partial charge in [-0.25, -0.2) is 0 Å². The smallest absolute Gasteiger partial charge is 1.00 e. The third-order valence-corrected chi connectivity index (χ3v) is 2.63. The molecule has 0 radical (unpaired) electrons. The summed E-state index contributed by atoms with van der Waals surface area (Å²) in [5.41, 5.74) is 10.3. The van der Waals surface area contributed by atoms with Gasteiger partial charge in [-0.3, -0.25) is 0 Å². The first-order valence-corrected chi connectivity index (χ1v) is 5.14. The normalized spacial score (nSPS) is 13.0. The van der Waals surface area contributed by atoms with E-state index in [0.717, 1.165) is 18.8 Å². The second-order valence-electron chi connectivity index (χ2n) is 3.04. The average molecular weight is 348 g/mol.